The number of imidazole rings is 1. The van der Waals surface area contributed by atoms with Crippen molar-refractivity contribution < 1.29 is 55.2 Å². The monoisotopic (exact) mass is 455 g/mol. The minimum absolute atomic E-state index is 0. The fourth-order valence-corrected chi connectivity index (χ4v) is 4.00. The summed E-state index contributed by atoms with van der Waals surface area (Å²) in [6.07, 6.45) is 2.52. The van der Waals surface area contributed by atoms with E-state index in [0.717, 1.165) is 37.3 Å². The molecule has 0 radical (unpaired) electrons. The summed E-state index contributed by atoms with van der Waals surface area (Å²) >= 11 is 0. The van der Waals surface area contributed by atoms with Gasteiger partial charge in [0.15, 0.2) is 11.8 Å². The van der Waals surface area contributed by atoms with Gasteiger partial charge in [0.2, 0.25) is 0 Å². The minimum atomic E-state index is -1.09. The van der Waals surface area contributed by atoms with Crippen LogP contribution >= 0.6 is 0 Å². The number of rotatable bonds is 5. The van der Waals surface area contributed by atoms with Crippen LogP contribution in [0.25, 0.3) is 5.65 Å². The number of carboxylic acids is 1. The Balaban J connectivity index is 0.00000272. The van der Waals surface area contributed by atoms with Crippen LogP contribution in [-0.2, 0) is 14.3 Å². The molecule has 0 bridgehead atoms. The molecule has 8 nitrogen and oxygen atoms in total. The average Bonchev–Trinajstić information content (AvgIpc) is 3.08. The van der Waals surface area contributed by atoms with Gasteiger partial charge in [-0.2, -0.15) is 0 Å². The van der Waals surface area contributed by atoms with Crippen LogP contribution in [0.4, 0.5) is 5.82 Å². The standard InChI is InChI=1S/C23H33N3O5.Na.H/c1-14-12-16-24-15(20(27)28)13-26(16)19(25-10-8-23(5,6)9-11-25)17(14)18(21(29)30-7)31-22(2,3)4;;/h12-13,18H,8-11H2,1-7H3,(H,27,28);;/q;+1;-1. The van der Waals surface area contributed by atoms with Gasteiger partial charge in [-0.1, -0.05) is 13.8 Å². The molecule has 32 heavy (non-hydrogen) atoms. The molecule has 2 aromatic rings. The number of fused-ring (bicyclic) bond motifs is 1. The van der Waals surface area contributed by atoms with E-state index in [4.69, 9.17) is 9.47 Å². The molecule has 3 heterocycles. The number of nitrogens with zero attached hydrogens (tertiary/aromatic N) is 3. The molecule has 1 atom stereocenters. The Morgan fingerprint density at radius 3 is 2.34 bits per heavy atom. The van der Waals surface area contributed by atoms with E-state index < -0.39 is 23.6 Å². The van der Waals surface area contributed by atoms with Crippen molar-refractivity contribution in [3.05, 3.63) is 29.1 Å². The third-order valence-corrected chi connectivity index (χ3v) is 5.76. The summed E-state index contributed by atoms with van der Waals surface area (Å²) in [5.74, 6) is -0.844. The Hall–Kier alpha value is -1.61. The summed E-state index contributed by atoms with van der Waals surface area (Å²) < 4.78 is 13.0. The third kappa shape index (κ3) is 5.65. The van der Waals surface area contributed by atoms with Crippen LogP contribution in [0.2, 0.25) is 0 Å². The van der Waals surface area contributed by atoms with Crippen molar-refractivity contribution >= 4 is 23.4 Å². The number of aryl methyl sites for hydroxylation is 1. The molecule has 172 valence electrons. The molecule has 3 rings (SSSR count). The first-order valence-electron chi connectivity index (χ1n) is 10.6. The molecule has 1 aliphatic heterocycles. The molecule has 9 heteroatoms. The van der Waals surface area contributed by atoms with E-state index in [-0.39, 0.29) is 42.1 Å². The number of piperidine rings is 1. The smallest absolute Gasteiger partial charge is 1.00 e. The average molecular weight is 456 g/mol. The van der Waals surface area contributed by atoms with Gasteiger partial charge in [0.05, 0.1) is 12.7 Å². The molecule has 0 aliphatic carbocycles. The maximum Gasteiger partial charge on any atom is 1.00 e. The van der Waals surface area contributed by atoms with Gasteiger partial charge in [-0.25, -0.2) is 14.6 Å². The summed E-state index contributed by atoms with van der Waals surface area (Å²) in [7, 11) is 1.35. The summed E-state index contributed by atoms with van der Waals surface area (Å²) in [6, 6.07) is 1.79. The Morgan fingerprint density at radius 2 is 1.84 bits per heavy atom. The molecule has 0 spiro atoms. The predicted molar refractivity (Wildman–Crippen MR) is 119 cm³/mol. The fourth-order valence-electron chi connectivity index (χ4n) is 4.00. The van der Waals surface area contributed by atoms with Crippen molar-refractivity contribution in [2.75, 3.05) is 25.1 Å². The van der Waals surface area contributed by atoms with Crippen LogP contribution in [-0.4, -0.2) is 52.2 Å². The van der Waals surface area contributed by atoms with Gasteiger partial charge in [0.25, 0.3) is 0 Å². The van der Waals surface area contributed by atoms with E-state index in [9.17, 15) is 14.7 Å². The number of aromatic carboxylic acids is 1. The van der Waals surface area contributed by atoms with Gasteiger partial charge in [-0.15, -0.1) is 0 Å². The molecule has 1 unspecified atom stereocenters. The van der Waals surface area contributed by atoms with Crippen molar-refractivity contribution in [2.45, 2.75) is 66.1 Å². The molecule has 2 aromatic heterocycles. The van der Waals surface area contributed by atoms with E-state index in [1.54, 1.807) is 10.5 Å². The maximum absolute atomic E-state index is 12.8. The zero-order chi connectivity index (χ0) is 23.1. The van der Waals surface area contributed by atoms with Crippen molar-refractivity contribution in [3.8, 4) is 0 Å². The van der Waals surface area contributed by atoms with Gasteiger partial charge < -0.3 is 20.9 Å². The van der Waals surface area contributed by atoms with E-state index in [0.29, 0.717) is 11.2 Å². The number of pyridine rings is 1. The number of hydrogen-bond donors (Lipinski definition) is 1. The second-order valence-electron chi connectivity index (χ2n) is 10.0. The number of carbonyl (C=O) groups is 2. The predicted octanol–water partition coefficient (Wildman–Crippen LogP) is 1.11. The fraction of sp³-hybridized carbons (Fsp3) is 0.609. The first kappa shape index (κ1) is 26.6. The van der Waals surface area contributed by atoms with Crippen LogP contribution in [0.3, 0.4) is 0 Å². The Labute approximate surface area is 213 Å². The molecule has 0 aromatic carbocycles. The first-order chi connectivity index (χ1) is 14.3. The summed E-state index contributed by atoms with van der Waals surface area (Å²) in [5, 5.41) is 9.49. The number of esters is 1. The molecule has 1 saturated heterocycles. The number of anilines is 1. The summed E-state index contributed by atoms with van der Waals surface area (Å²) in [4.78, 5) is 30.9. The minimum Gasteiger partial charge on any atom is -1.00 e. The van der Waals surface area contributed by atoms with Crippen molar-refractivity contribution in [1.29, 1.82) is 0 Å². The quantitative estimate of drug-likeness (QED) is 0.533. The number of methoxy groups -OCH3 is 1. The molecular formula is C23H34N3NaO5. The Bertz CT molecular complexity index is 1010. The molecule has 1 aliphatic rings. The van der Waals surface area contributed by atoms with Gasteiger partial charge in [-0.3, -0.25) is 4.40 Å². The third-order valence-electron chi connectivity index (χ3n) is 5.76. The molecule has 1 N–H and O–H groups in total. The van der Waals surface area contributed by atoms with Crippen LogP contribution in [0, 0.1) is 12.3 Å². The van der Waals surface area contributed by atoms with Crippen molar-refractivity contribution in [1.82, 2.24) is 9.38 Å². The number of hydrogen-bond acceptors (Lipinski definition) is 6. The molecule has 0 saturated carbocycles. The second-order valence-corrected chi connectivity index (χ2v) is 10.0. The maximum atomic E-state index is 12.8. The van der Waals surface area contributed by atoms with Crippen molar-refractivity contribution in [3.63, 3.8) is 0 Å². The van der Waals surface area contributed by atoms with E-state index >= 15 is 0 Å². The molecule has 1 fully saturated rings. The molecular weight excluding hydrogens is 421 g/mol. The number of aromatic nitrogens is 2. The van der Waals surface area contributed by atoms with E-state index in [2.05, 4.69) is 23.7 Å². The van der Waals surface area contributed by atoms with Gasteiger partial charge in [0.1, 0.15) is 11.5 Å². The van der Waals surface area contributed by atoms with E-state index in [1.807, 2.05) is 27.7 Å². The van der Waals surface area contributed by atoms with Gasteiger partial charge >= 0.3 is 41.5 Å². The van der Waals surface area contributed by atoms with Crippen LogP contribution in [0.5, 0.6) is 0 Å². The summed E-state index contributed by atoms with van der Waals surface area (Å²) in [5.41, 5.74) is 1.60. The van der Waals surface area contributed by atoms with Gasteiger partial charge in [0, 0.05) is 24.8 Å². The number of ether oxygens (including phenoxy) is 2. The zero-order valence-electron chi connectivity index (χ0n) is 21.5. The Kier molecular flexibility index (Phi) is 8.08. The second kappa shape index (κ2) is 9.71. The molecule has 0 amide bonds. The number of carboxylic acid groups (broad SMARTS) is 1. The van der Waals surface area contributed by atoms with E-state index in [1.165, 1.54) is 13.3 Å². The van der Waals surface area contributed by atoms with Crippen LogP contribution < -0.4 is 34.5 Å². The largest absolute Gasteiger partial charge is 1.00 e. The number of carbonyl (C=O) groups excluding carboxylic acids is 1. The van der Waals surface area contributed by atoms with Gasteiger partial charge in [-0.05, 0) is 57.6 Å². The summed E-state index contributed by atoms with van der Waals surface area (Å²) in [6.45, 7) is 13.6. The van der Waals surface area contributed by atoms with Crippen LogP contribution in [0.1, 0.15) is 76.6 Å². The Morgan fingerprint density at radius 1 is 1.25 bits per heavy atom. The first-order valence-corrected chi connectivity index (χ1v) is 10.6. The zero-order valence-corrected chi connectivity index (χ0v) is 22.5. The van der Waals surface area contributed by atoms with Crippen LogP contribution in [0.15, 0.2) is 12.3 Å². The normalized spacial score (nSPS) is 17.0. The SMILES string of the molecule is COC(=O)C(OC(C)(C)C)c1c(C)cc2nc(C(=O)O)cn2c1N1CCC(C)(C)CC1.[H-].[Na+]. The van der Waals surface area contributed by atoms with Crippen molar-refractivity contribution in [2.24, 2.45) is 5.41 Å². The topological polar surface area (TPSA) is 93.4 Å².